The average molecular weight is 387 g/mol. The maximum Gasteiger partial charge on any atom is 0.246 e. The zero-order valence-corrected chi connectivity index (χ0v) is 16.7. The highest BCUT2D eigenvalue weighted by atomic mass is 35.5. The van der Waals surface area contributed by atoms with Gasteiger partial charge >= 0.3 is 0 Å². The van der Waals surface area contributed by atoms with Crippen LogP contribution < -0.4 is 4.90 Å². The number of nitrogens with zero attached hydrogens (tertiary/aromatic N) is 2. The second-order valence-corrected chi connectivity index (χ2v) is 7.67. The molecule has 1 aliphatic heterocycles. The third kappa shape index (κ3) is 4.63. The number of amides is 1. The van der Waals surface area contributed by atoms with E-state index in [1.807, 2.05) is 41.3 Å². The van der Waals surface area contributed by atoms with Crippen LogP contribution in [0.2, 0.25) is 5.02 Å². The van der Waals surface area contributed by atoms with Crippen molar-refractivity contribution in [1.82, 2.24) is 4.90 Å². The maximum atomic E-state index is 12.5. The molecule has 1 fully saturated rings. The minimum absolute atomic E-state index is 0.0707. The van der Waals surface area contributed by atoms with Crippen LogP contribution in [0.4, 0.5) is 5.69 Å². The van der Waals surface area contributed by atoms with Crippen LogP contribution in [0, 0.1) is 6.92 Å². The zero-order valence-electron chi connectivity index (χ0n) is 15.1. The number of hydrogen-bond acceptors (Lipinski definition) is 3. The average Bonchev–Trinajstić information content (AvgIpc) is 2.68. The molecule has 26 heavy (non-hydrogen) atoms. The molecule has 2 aromatic rings. The molecule has 0 atom stereocenters. The number of piperazine rings is 1. The SMILES string of the molecule is CSc1ccc(/C=C/C(=O)N2CCN(c3cc(Cl)ccc3C)CC2)cc1. The highest BCUT2D eigenvalue weighted by Crippen LogP contribution is 2.25. The minimum atomic E-state index is 0.0707. The van der Waals surface area contributed by atoms with E-state index >= 15 is 0 Å². The molecule has 0 N–H and O–H groups in total. The zero-order chi connectivity index (χ0) is 18.5. The van der Waals surface area contributed by atoms with Crippen molar-refractivity contribution >= 4 is 41.0 Å². The fourth-order valence-electron chi connectivity index (χ4n) is 3.08. The van der Waals surface area contributed by atoms with Crippen LogP contribution in [-0.2, 0) is 4.79 Å². The summed E-state index contributed by atoms with van der Waals surface area (Å²) in [6.45, 7) is 5.18. The van der Waals surface area contributed by atoms with E-state index in [1.165, 1.54) is 10.5 Å². The Bertz CT molecular complexity index is 796. The van der Waals surface area contributed by atoms with Gasteiger partial charge in [-0.2, -0.15) is 0 Å². The van der Waals surface area contributed by atoms with Crippen molar-refractivity contribution in [3.05, 3.63) is 64.7 Å². The number of carbonyl (C=O) groups is 1. The molecule has 2 aromatic carbocycles. The van der Waals surface area contributed by atoms with Crippen LogP contribution in [0.15, 0.2) is 53.4 Å². The third-order valence-electron chi connectivity index (χ3n) is 4.64. The molecule has 5 heteroatoms. The summed E-state index contributed by atoms with van der Waals surface area (Å²) in [5.74, 6) is 0.0707. The summed E-state index contributed by atoms with van der Waals surface area (Å²) in [4.78, 5) is 17.9. The topological polar surface area (TPSA) is 23.6 Å². The van der Waals surface area contributed by atoms with Gasteiger partial charge in [-0.05, 0) is 54.6 Å². The van der Waals surface area contributed by atoms with Gasteiger partial charge < -0.3 is 9.80 Å². The first-order valence-corrected chi connectivity index (χ1v) is 10.3. The van der Waals surface area contributed by atoms with Crippen molar-refractivity contribution in [2.75, 3.05) is 37.3 Å². The van der Waals surface area contributed by atoms with Crippen molar-refractivity contribution < 1.29 is 4.79 Å². The highest BCUT2D eigenvalue weighted by Gasteiger charge is 2.20. The van der Waals surface area contributed by atoms with Crippen molar-refractivity contribution in [3.63, 3.8) is 0 Å². The van der Waals surface area contributed by atoms with Gasteiger partial charge in [0.15, 0.2) is 0 Å². The van der Waals surface area contributed by atoms with Crippen LogP contribution in [-0.4, -0.2) is 43.2 Å². The number of thioether (sulfide) groups is 1. The van der Waals surface area contributed by atoms with E-state index in [0.717, 1.165) is 42.5 Å². The van der Waals surface area contributed by atoms with Gasteiger partial charge in [-0.25, -0.2) is 0 Å². The van der Waals surface area contributed by atoms with E-state index in [-0.39, 0.29) is 5.91 Å². The molecule has 0 bridgehead atoms. The maximum absolute atomic E-state index is 12.5. The third-order valence-corrected chi connectivity index (χ3v) is 5.62. The first-order chi connectivity index (χ1) is 12.6. The largest absolute Gasteiger partial charge is 0.368 e. The predicted molar refractivity (Wildman–Crippen MR) is 112 cm³/mol. The summed E-state index contributed by atoms with van der Waals surface area (Å²) in [7, 11) is 0. The van der Waals surface area contributed by atoms with Crippen molar-refractivity contribution in [1.29, 1.82) is 0 Å². The summed E-state index contributed by atoms with van der Waals surface area (Å²) in [5, 5.41) is 0.750. The summed E-state index contributed by atoms with van der Waals surface area (Å²) >= 11 is 7.84. The van der Waals surface area contributed by atoms with Crippen LogP contribution in [0.1, 0.15) is 11.1 Å². The second-order valence-electron chi connectivity index (χ2n) is 6.35. The molecule has 136 valence electrons. The molecular formula is C21H23ClN2OS. The lowest BCUT2D eigenvalue weighted by Gasteiger charge is -2.36. The fraction of sp³-hybridized carbons (Fsp3) is 0.286. The lowest BCUT2D eigenvalue weighted by molar-refractivity contribution is -0.126. The minimum Gasteiger partial charge on any atom is -0.368 e. The van der Waals surface area contributed by atoms with Gasteiger partial charge in [0.2, 0.25) is 5.91 Å². The quantitative estimate of drug-likeness (QED) is 0.560. The lowest BCUT2D eigenvalue weighted by atomic mass is 10.1. The van der Waals surface area contributed by atoms with Crippen LogP contribution in [0.25, 0.3) is 6.08 Å². The Hall–Kier alpha value is -1.91. The molecule has 3 rings (SSSR count). The first-order valence-electron chi connectivity index (χ1n) is 8.69. The van der Waals surface area contributed by atoms with Crippen LogP contribution >= 0.6 is 23.4 Å². The predicted octanol–water partition coefficient (Wildman–Crippen LogP) is 4.73. The number of anilines is 1. The summed E-state index contributed by atoms with van der Waals surface area (Å²) in [5.41, 5.74) is 3.42. The molecular weight excluding hydrogens is 364 g/mol. The van der Waals surface area contributed by atoms with Crippen LogP contribution in [0.5, 0.6) is 0 Å². The van der Waals surface area contributed by atoms with Crippen molar-refractivity contribution in [2.45, 2.75) is 11.8 Å². The highest BCUT2D eigenvalue weighted by molar-refractivity contribution is 7.98. The number of benzene rings is 2. The van der Waals surface area contributed by atoms with Crippen molar-refractivity contribution in [3.8, 4) is 0 Å². The summed E-state index contributed by atoms with van der Waals surface area (Å²) in [6, 6.07) is 14.2. The van der Waals surface area contributed by atoms with E-state index in [9.17, 15) is 4.79 Å². The Balaban J connectivity index is 1.57. The molecule has 0 radical (unpaired) electrons. The monoisotopic (exact) mass is 386 g/mol. The Morgan fingerprint density at radius 1 is 1.08 bits per heavy atom. The summed E-state index contributed by atoms with van der Waals surface area (Å²) < 4.78 is 0. The van der Waals surface area contributed by atoms with E-state index in [2.05, 4.69) is 30.2 Å². The number of rotatable bonds is 4. The second kappa shape index (κ2) is 8.65. The molecule has 3 nitrogen and oxygen atoms in total. The first kappa shape index (κ1) is 18.9. The molecule has 1 amide bonds. The van der Waals surface area contributed by atoms with Crippen LogP contribution in [0.3, 0.4) is 0 Å². The molecule has 0 saturated carbocycles. The Morgan fingerprint density at radius 2 is 1.77 bits per heavy atom. The molecule has 1 saturated heterocycles. The lowest BCUT2D eigenvalue weighted by Crippen LogP contribution is -2.48. The van der Waals surface area contributed by atoms with Gasteiger partial charge in [0.25, 0.3) is 0 Å². The van der Waals surface area contributed by atoms with E-state index < -0.39 is 0 Å². The smallest absolute Gasteiger partial charge is 0.246 e. The van der Waals surface area contributed by atoms with Gasteiger partial charge in [-0.15, -0.1) is 11.8 Å². The molecule has 0 aromatic heterocycles. The van der Waals surface area contributed by atoms with Gasteiger partial charge in [0.1, 0.15) is 0 Å². The molecule has 0 aliphatic carbocycles. The van der Waals surface area contributed by atoms with E-state index in [1.54, 1.807) is 17.8 Å². The van der Waals surface area contributed by atoms with Gasteiger partial charge in [-0.1, -0.05) is 29.8 Å². The van der Waals surface area contributed by atoms with Gasteiger partial charge in [-0.3, -0.25) is 4.79 Å². The molecule has 1 heterocycles. The normalized spacial score (nSPS) is 14.9. The number of hydrogen-bond donors (Lipinski definition) is 0. The van der Waals surface area contributed by atoms with Gasteiger partial charge in [0, 0.05) is 47.9 Å². The fourth-order valence-corrected chi connectivity index (χ4v) is 3.65. The Kier molecular flexibility index (Phi) is 6.28. The van der Waals surface area contributed by atoms with Crippen molar-refractivity contribution in [2.24, 2.45) is 0 Å². The van der Waals surface area contributed by atoms with E-state index in [0.29, 0.717) is 0 Å². The standard InChI is InChI=1S/C21H23ClN2OS/c1-16-3-7-18(22)15-20(16)23-11-13-24(14-12-23)21(25)10-6-17-4-8-19(26-2)9-5-17/h3-10,15H,11-14H2,1-2H3/b10-6+. The number of aryl methyl sites for hydroxylation is 1. The number of halogens is 1. The molecule has 1 aliphatic rings. The summed E-state index contributed by atoms with van der Waals surface area (Å²) in [6.07, 6.45) is 5.62. The van der Waals surface area contributed by atoms with Gasteiger partial charge in [0.05, 0.1) is 0 Å². The molecule has 0 spiro atoms. The molecule has 0 unspecified atom stereocenters. The Labute approximate surface area is 164 Å². The number of carbonyl (C=O) groups excluding carboxylic acids is 1. The van der Waals surface area contributed by atoms with E-state index in [4.69, 9.17) is 11.6 Å². The Morgan fingerprint density at radius 3 is 2.42 bits per heavy atom.